The maximum atomic E-state index is 14.2. The van der Waals surface area contributed by atoms with Crippen LogP contribution in [0.25, 0.3) is 5.76 Å². The molecule has 0 spiro atoms. The molecule has 0 saturated heterocycles. The van der Waals surface area contributed by atoms with Gasteiger partial charge in [0.05, 0.1) is 33.7 Å². The van der Waals surface area contributed by atoms with Crippen LogP contribution in [-0.4, -0.2) is 85.5 Å². The largest absolute Gasteiger partial charge is 0.508 e. The molecule has 1 fully saturated rings. The monoisotopic (exact) mass is 634 g/mol. The number of hydrogen-bond donors (Lipinski definition) is 6. The highest BCUT2D eigenvalue weighted by atomic mass is 35.5. The third-order valence-electron chi connectivity index (χ3n) is 8.35. The minimum atomic E-state index is -2.97. The lowest BCUT2D eigenvalue weighted by Gasteiger charge is -2.54. The Balaban J connectivity index is 1.66. The van der Waals surface area contributed by atoms with Crippen molar-refractivity contribution in [3.8, 4) is 5.75 Å². The molecule has 0 aromatic heterocycles. The van der Waals surface area contributed by atoms with E-state index in [0.29, 0.717) is 21.4 Å². The first-order valence-electron chi connectivity index (χ1n) is 12.9. The topological polar surface area (TPSA) is 182 Å². The molecule has 0 bridgehead atoms. The molecule has 222 valence electrons. The Morgan fingerprint density at radius 3 is 2.40 bits per heavy atom. The molecule has 1 saturated carbocycles. The van der Waals surface area contributed by atoms with Crippen LogP contribution in [0.3, 0.4) is 0 Å². The van der Waals surface area contributed by atoms with E-state index >= 15 is 0 Å². The molecule has 6 atom stereocenters. The quantitative estimate of drug-likeness (QED) is 0.258. The minimum Gasteiger partial charge on any atom is -0.508 e. The first-order chi connectivity index (χ1) is 19.7. The number of fused-ring (bicyclic) bond motifs is 3. The van der Waals surface area contributed by atoms with Crippen LogP contribution < -0.4 is 5.73 Å². The third-order valence-corrected chi connectivity index (χ3v) is 10.2. The number of amides is 1. The second-order valence-corrected chi connectivity index (χ2v) is 12.7. The van der Waals surface area contributed by atoms with Gasteiger partial charge >= 0.3 is 0 Å². The Bertz CT molecular complexity index is 1590. The third kappa shape index (κ3) is 4.42. The number of benzene rings is 2. The molecule has 10 nitrogen and oxygen atoms in total. The predicted octanol–water partition coefficient (Wildman–Crippen LogP) is 2.72. The Kier molecular flexibility index (Phi) is 7.88. The first-order valence-corrected chi connectivity index (χ1v) is 14.8. The van der Waals surface area contributed by atoms with Crippen molar-refractivity contribution in [2.75, 3.05) is 19.8 Å². The van der Waals surface area contributed by atoms with E-state index in [4.69, 9.17) is 28.9 Å². The van der Waals surface area contributed by atoms with Crippen molar-refractivity contribution in [3.63, 3.8) is 0 Å². The molecule has 7 N–H and O–H groups in total. The summed E-state index contributed by atoms with van der Waals surface area (Å²) in [6.45, 7) is 0. The maximum absolute atomic E-state index is 14.2. The SMILES string of the molecule is CN(C)[C@@H]1C(=O)C(C(N)=O)=C(O)[C@@]2(O)C(=O)C3=C(O)c4c(O)cccc4[C@H](CSCc4ccc(Cl)c(Cl)c4)[C@H]3[C@H](O)[C@@H]12. The van der Waals surface area contributed by atoms with Gasteiger partial charge in [-0.3, -0.25) is 19.3 Å². The van der Waals surface area contributed by atoms with Crippen LogP contribution >= 0.6 is 35.0 Å². The molecule has 0 unspecified atom stereocenters. The van der Waals surface area contributed by atoms with Gasteiger partial charge in [-0.15, -0.1) is 0 Å². The number of phenols is 1. The lowest BCUT2D eigenvalue weighted by atomic mass is 9.54. The number of Topliss-reactive ketones (excluding diaryl/α,β-unsaturated/α-hetero) is 2. The second kappa shape index (κ2) is 10.9. The Labute approximate surface area is 255 Å². The van der Waals surface area contributed by atoms with Crippen molar-refractivity contribution in [3.05, 3.63) is 80.0 Å². The molecule has 42 heavy (non-hydrogen) atoms. The van der Waals surface area contributed by atoms with Crippen LogP contribution in [0.4, 0.5) is 0 Å². The van der Waals surface area contributed by atoms with Gasteiger partial charge in [0.2, 0.25) is 5.78 Å². The molecule has 0 aliphatic heterocycles. The van der Waals surface area contributed by atoms with Crippen LogP contribution in [0.15, 0.2) is 53.3 Å². The molecular formula is C29H28Cl2N2O8S. The van der Waals surface area contributed by atoms with Crippen molar-refractivity contribution in [2.45, 2.75) is 29.4 Å². The first kappa shape index (κ1) is 30.4. The number of aliphatic hydroxyl groups excluding tert-OH is 3. The second-order valence-electron chi connectivity index (χ2n) is 10.9. The summed E-state index contributed by atoms with van der Waals surface area (Å²) in [7, 11) is 2.92. The summed E-state index contributed by atoms with van der Waals surface area (Å²) in [5.41, 5.74) is 2.25. The number of aromatic hydroxyl groups is 1. The highest BCUT2D eigenvalue weighted by molar-refractivity contribution is 7.98. The summed E-state index contributed by atoms with van der Waals surface area (Å²) >= 11 is 13.6. The molecule has 2 aromatic rings. The molecule has 0 radical (unpaired) electrons. The number of nitrogens with zero attached hydrogens (tertiary/aromatic N) is 1. The number of carbonyl (C=O) groups is 3. The van der Waals surface area contributed by atoms with Gasteiger partial charge in [0.1, 0.15) is 22.8 Å². The molecule has 13 heteroatoms. The number of aliphatic hydroxyl groups is 4. The van der Waals surface area contributed by atoms with E-state index in [9.17, 15) is 39.9 Å². The average Bonchev–Trinajstić information content (AvgIpc) is 2.91. The van der Waals surface area contributed by atoms with Crippen LogP contribution in [0.1, 0.15) is 22.6 Å². The summed E-state index contributed by atoms with van der Waals surface area (Å²) in [4.78, 5) is 41.1. The Morgan fingerprint density at radius 1 is 1.10 bits per heavy atom. The molecule has 1 amide bonds. The summed E-state index contributed by atoms with van der Waals surface area (Å²) in [5.74, 6) is -8.57. The standard InChI is InChI=1S/C29H28Cl2N2O8S/c1-33(2)22-21-24(36)18-13(10-42-9-11-6-7-14(30)15(31)8-11)12-4-3-5-16(34)17(12)23(35)19(18)26(38)29(21,41)27(39)20(25(22)37)28(32)40/h3-8,13,18,21-22,24,34-36,39,41H,9-10H2,1-2H3,(H2,32,40)/t13-,18+,21+,22-,24-,29-/m0/s1. The lowest BCUT2D eigenvalue weighted by Crippen LogP contribution is -2.70. The fraction of sp³-hybridized carbons (Fsp3) is 0.345. The van der Waals surface area contributed by atoms with Crippen molar-refractivity contribution in [1.82, 2.24) is 4.90 Å². The van der Waals surface area contributed by atoms with Gasteiger partial charge in [-0.05, 0) is 43.4 Å². The number of carbonyl (C=O) groups excluding carboxylic acids is 3. The van der Waals surface area contributed by atoms with Gasteiger partial charge < -0.3 is 31.3 Å². The van der Waals surface area contributed by atoms with Crippen molar-refractivity contribution >= 4 is 58.2 Å². The number of thioether (sulfide) groups is 1. The van der Waals surface area contributed by atoms with Gasteiger partial charge in [-0.1, -0.05) is 41.4 Å². The fourth-order valence-corrected chi connectivity index (χ4v) is 8.02. The fourth-order valence-electron chi connectivity index (χ4n) is 6.53. The highest BCUT2D eigenvalue weighted by Crippen LogP contribution is 2.56. The van der Waals surface area contributed by atoms with Gasteiger partial charge in [0.15, 0.2) is 11.4 Å². The number of rotatable bonds is 6. The predicted molar refractivity (Wildman–Crippen MR) is 157 cm³/mol. The normalized spacial score (nSPS) is 29.0. The summed E-state index contributed by atoms with van der Waals surface area (Å²) in [6.07, 6.45) is -1.68. The van der Waals surface area contributed by atoms with Crippen LogP contribution in [0.2, 0.25) is 10.0 Å². The molecule has 3 aliphatic carbocycles. The number of hydrogen-bond acceptors (Lipinski definition) is 10. The maximum Gasteiger partial charge on any atom is 0.255 e. The van der Waals surface area contributed by atoms with Crippen molar-refractivity contribution in [2.24, 2.45) is 17.6 Å². The number of ketones is 2. The number of likely N-dealkylation sites (N-methyl/N-ethyl adjacent to an activating group) is 1. The number of primary amides is 1. The van der Waals surface area contributed by atoms with E-state index in [0.717, 1.165) is 5.56 Å². The van der Waals surface area contributed by atoms with Crippen LogP contribution in [-0.2, 0) is 20.1 Å². The van der Waals surface area contributed by atoms with E-state index in [1.54, 1.807) is 30.3 Å². The zero-order valence-electron chi connectivity index (χ0n) is 22.4. The van der Waals surface area contributed by atoms with Gasteiger partial charge in [-0.2, -0.15) is 11.8 Å². The molecular weight excluding hydrogens is 607 g/mol. The Morgan fingerprint density at radius 2 is 1.79 bits per heavy atom. The molecule has 3 aliphatic rings. The molecule has 0 heterocycles. The van der Waals surface area contributed by atoms with Gasteiger partial charge in [-0.25, -0.2) is 0 Å². The van der Waals surface area contributed by atoms with Crippen molar-refractivity contribution < 1.29 is 39.9 Å². The summed E-state index contributed by atoms with van der Waals surface area (Å²) in [6, 6.07) is 8.30. The Hall–Kier alpha value is -3.06. The van der Waals surface area contributed by atoms with Crippen LogP contribution in [0.5, 0.6) is 5.75 Å². The smallest absolute Gasteiger partial charge is 0.255 e. The van der Waals surface area contributed by atoms with E-state index in [1.807, 2.05) is 0 Å². The lowest BCUT2D eigenvalue weighted by molar-refractivity contribution is -0.169. The molecule has 2 aromatic carbocycles. The average molecular weight is 636 g/mol. The van der Waals surface area contributed by atoms with Gasteiger partial charge in [0, 0.05) is 28.9 Å². The number of nitrogens with two attached hydrogens (primary N) is 1. The molecule has 5 rings (SSSR count). The number of phenolic OH excluding ortho intramolecular Hbond substituents is 1. The summed E-state index contributed by atoms with van der Waals surface area (Å²) in [5, 5.41) is 57.7. The van der Waals surface area contributed by atoms with E-state index in [2.05, 4.69) is 0 Å². The highest BCUT2D eigenvalue weighted by Gasteiger charge is 2.68. The minimum absolute atomic E-state index is 0.0545. The van der Waals surface area contributed by atoms with Gasteiger partial charge in [0.25, 0.3) is 5.91 Å². The van der Waals surface area contributed by atoms with E-state index in [-0.39, 0.29) is 17.1 Å². The zero-order valence-corrected chi connectivity index (χ0v) is 24.7. The van der Waals surface area contributed by atoms with Crippen LogP contribution in [0, 0.1) is 11.8 Å². The van der Waals surface area contributed by atoms with E-state index < -0.39 is 75.6 Å². The summed E-state index contributed by atoms with van der Waals surface area (Å²) < 4.78 is 0. The zero-order chi connectivity index (χ0) is 30.8. The number of halogens is 2. The van der Waals surface area contributed by atoms with Crippen molar-refractivity contribution in [1.29, 1.82) is 0 Å². The van der Waals surface area contributed by atoms with E-state index in [1.165, 1.54) is 36.8 Å².